The molecule has 34 heavy (non-hydrogen) atoms. The zero-order chi connectivity index (χ0) is 24.8. The third kappa shape index (κ3) is 3.97. The second-order valence-electron chi connectivity index (χ2n) is 7.72. The van der Waals surface area contributed by atoms with Gasteiger partial charge in [-0.2, -0.15) is 0 Å². The molecule has 0 bridgehead atoms. The molecule has 2 atom stereocenters. The Morgan fingerprint density at radius 2 is 1.94 bits per heavy atom. The first-order valence-electron chi connectivity index (χ1n) is 9.90. The molecule has 4 rings (SSSR count). The molecule has 1 aromatic heterocycles. The number of halogens is 5. The highest BCUT2D eigenvalue weighted by molar-refractivity contribution is 6.06. The number of fused-ring (bicyclic) bond motifs is 1. The van der Waals surface area contributed by atoms with Crippen LogP contribution in [0, 0.1) is 11.6 Å². The summed E-state index contributed by atoms with van der Waals surface area (Å²) >= 11 is 0. The fraction of sp³-hybridized carbons (Fsp3) is 0.286. The van der Waals surface area contributed by atoms with Crippen molar-refractivity contribution in [2.45, 2.75) is 37.6 Å². The number of rotatable bonds is 5. The number of benzene rings is 1. The van der Waals surface area contributed by atoms with Crippen LogP contribution in [0.4, 0.5) is 22.0 Å². The normalized spacial score (nSPS) is 19.6. The maximum absolute atomic E-state index is 15.0. The first-order valence-corrected chi connectivity index (χ1v) is 9.90. The van der Waals surface area contributed by atoms with E-state index in [-0.39, 0.29) is 42.1 Å². The number of alkyl halides is 3. The van der Waals surface area contributed by atoms with Crippen LogP contribution in [-0.2, 0) is 21.9 Å². The number of aromatic nitrogens is 1. The molecular formula is C21H15F5N4O4. The lowest BCUT2D eigenvalue weighted by atomic mass is 10.0. The van der Waals surface area contributed by atoms with E-state index in [1.54, 1.807) is 0 Å². The van der Waals surface area contributed by atoms with Gasteiger partial charge in [-0.05, 0) is 30.2 Å². The fourth-order valence-corrected chi connectivity index (χ4v) is 3.85. The predicted octanol–water partition coefficient (Wildman–Crippen LogP) is 1.94. The minimum Gasteiger partial charge on any atom is -0.322 e. The van der Waals surface area contributed by atoms with Gasteiger partial charge in [0.05, 0.1) is 6.20 Å². The van der Waals surface area contributed by atoms with E-state index in [2.05, 4.69) is 10.3 Å². The SMILES string of the molecule is O=C1CCC(N2Cc3cc(C(=O)NC(F)(c4ncc(F)cc4F)C(F)F)ccc3C2=O)C(=O)N1. The number of imide groups is 1. The first-order chi connectivity index (χ1) is 16.0. The molecule has 1 aromatic carbocycles. The molecule has 2 unspecified atom stereocenters. The van der Waals surface area contributed by atoms with Gasteiger partial charge in [-0.1, -0.05) is 0 Å². The lowest BCUT2D eigenvalue weighted by molar-refractivity contribution is -0.136. The van der Waals surface area contributed by atoms with Gasteiger partial charge in [0.1, 0.15) is 17.6 Å². The molecule has 4 amide bonds. The van der Waals surface area contributed by atoms with Crippen molar-refractivity contribution in [2.75, 3.05) is 0 Å². The maximum atomic E-state index is 15.0. The Morgan fingerprint density at radius 1 is 1.21 bits per heavy atom. The average Bonchev–Trinajstić information content (AvgIpc) is 3.09. The van der Waals surface area contributed by atoms with E-state index < -0.39 is 59.2 Å². The molecule has 178 valence electrons. The van der Waals surface area contributed by atoms with Crippen molar-refractivity contribution < 1.29 is 41.1 Å². The predicted molar refractivity (Wildman–Crippen MR) is 103 cm³/mol. The van der Waals surface area contributed by atoms with Crippen molar-refractivity contribution in [3.8, 4) is 0 Å². The summed E-state index contributed by atoms with van der Waals surface area (Å²) in [7, 11) is 0. The van der Waals surface area contributed by atoms with E-state index in [1.807, 2.05) is 0 Å². The van der Waals surface area contributed by atoms with E-state index in [0.717, 1.165) is 12.1 Å². The number of pyridine rings is 1. The van der Waals surface area contributed by atoms with E-state index >= 15 is 4.39 Å². The van der Waals surface area contributed by atoms with Crippen LogP contribution in [0.1, 0.15) is 44.8 Å². The van der Waals surface area contributed by atoms with Gasteiger partial charge in [0.2, 0.25) is 11.8 Å². The molecule has 1 saturated heterocycles. The molecule has 1 fully saturated rings. The molecule has 2 aromatic rings. The molecule has 3 heterocycles. The van der Waals surface area contributed by atoms with Crippen LogP contribution in [0.2, 0.25) is 0 Å². The van der Waals surface area contributed by atoms with Gasteiger partial charge >= 0.3 is 0 Å². The Labute approximate surface area is 188 Å². The van der Waals surface area contributed by atoms with Crippen LogP contribution in [-0.4, -0.2) is 46.0 Å². The summed E-state index contributed by atoms with van der Waals surface area (Å²) < 4.78 is 69.1. The number of nitrogens with one attached hydrogen (secondary N) is 2. The zero-order valence-corrected chi connectivity index (χ0v) is 17.1. The van der Waals surface area contributed by atoms with Crippen molar-refractivity contribution >= 4 is 23.6 Å². The summed E-state index contributed by atoms with van der Waals surface area (Å²) in [5.41, 5.74) is -1.44. The topological polar surface area (TPSA) is 108 Å². The maximum Gasteiger partial charge on any atom is 0.296 e. The molecule has 0 saturated carbocycles. The van der Waals surface area contributed by atoms with Crippen LogP contribution in [0.25, 0.3) is 0 Å². The van der Waals surface area contributed by atoms with Gasteiger partial charge in [-0.25, -0.2) is 26.9 Å². The van der Waals surface area contributed by atoms with Crippen LogP contribution >= 0.6 is 0 Å². The quantitative estimate of drug-likeness (QED) is 0.385. The van der Waals surface area contributed by atoms with E-state index in [1.165, 1.54) is 16.3 Å². The van der Waals surface area contributed by atoms with Gasteiger partial charge in [0.15, 0.2) is 5.82 Å². The largest absolute Gasteiger partial charge is 0.322 e. The van der Waals surface area contributed by atoms with Gasteiger partial charge in [-0.3, -0.25) is 24.5 Å². The van der Waals surface area contributed by atoms with Crippen molar-refractivity contribution in [3.63, 3.8) is 0 Å². The van der Waals surface area contributed by atoms with Crippen LogP contribution < -0.4 is 10.6 Å². The molecule has 2 N–H and O–H groups in total. The minimum absolute atomic E-state index is 0.0321. The average molecular weight is 482 g/mol. The van der Waals surface area contributed by atoms with Gasteiger partial charge in [0.25, 0.3) is 24.0 Å². The molecule has 8 nitrogen and oxygen atoms in total. The molecule has 13 heteroatoms. The monoisotopic (exact) mass is 482 g/mol. The summed E-state index contributed by atoms with van der Waals surface area (Å²) in [5, 5.41) is 3.53. The molecular weight excluding hydrogens is 467 g/mol. The van der Waals surface area contributed by atoms with Gasteiger partial charge in [-0.15, -0.1) is 0 Å². The number of nitrogens with zero attached hydrogens (tertiary/aromatic N) is 2. The Balaban J connectivity index is 1.58. The van der Waals surface area contributed by atoms with Crippen LogP contribution in [0.5, 0.6) is 0 Å². The first kappa shape index (κ1) is 23.3. The molecule has 0 spiro atoms. The number of hydrogen-bond donors (Lipinski definition) is 2. The van der Waals surface area contributed by atoms with E-state index in [4.69, 9.17) is 0 Å². The molecule has 0 radical (unpaired) electrons. The number of piperidine rings is 1. The molecule has 2 aliphatic rings. The van der Waals surface area contributed by atoms with Crippen molar-refractivity contribution in [3.05, 3.63) is 64.5 Å². The Kier molecular flexibility index (Phi) is 5.79. The standard InChI is InChI=1S/C21H15F5N4O4/c22-11-6-13(23)16(27-7-11)21(26,20(24)25)29-17(32)9-1-2-12-10(5-9)8-30(19(12)34)14-3-4-15(31)28-18(14)33/h1-2,5-7,14,20H,3-4,8H2,(H,29,32)(H,28,31,33). The third-order valence-electron chi connectivity index (χ3n) is 5.53. The smallest absolute Gasteiger partial charge is 0.296 e. The van der Waals surface area contributed by atoms with Crippen molar-refractivity contribution in [1.29, 1.82) is 0 Å². The summed E-state index contributed by atoms with van der Waals surface area (Å²) in [5.74, 6) is -10.0. The van der Waals surface area contributed by atoms with Crippen LogP contribution in [0.15, 0.2) is 30.5 Å². The number of amides is 4. The summed E-state index contributed by atoms with van der Waals surface area (Å²) in [6.07, 6.45) is -3.49. The van der Waals surface area contributed by atoms with Crippen molar-refractivity contribution in [1.82, 2.24) is 20.5 Å². The Morgan fingerprint density at radius 3 is 2.59 bits per heavy atom. The summed E-state index contributed by atoms with van der Waals surface area (Å²) in [4.78, 5) is 52.9. The summed E-state index contributed by atoms with van der Waals surface area (Å²) in [6.45, 7) is -0.120. The second-order valence-corrected chi connectivity index (χ2v) is 7.72. The van der Waals surface area contributed by atoms with Crippen molar-refractivity contribution in [2.24, 2.45) is 0 Å². The van der Waals surface area contributed by atoms with Crippen LogP contribution in [0.3, 0.4) is 0 Å². The highest BCUT2D eigenvalue weighted by atomic mass is 19.3. The summed E-state index contributed by atoms with van der Waals surface area (Å²) in [6, 6.07) is 2.65. The second kappa shape index (κ2) is 8.47. The van der Waals surface area contributed by atoms with E-state index in [0.29, 0.717) is 6.20 Å². The molecule has 2 aliphatic heterocycles. The van der Waals surface area contributed by atoms with E-state index in [9.17, 15) is 36.7 Å². The minimum atomic E-state index is -4.07. The highest BCUT2D eigenvalue weighted by Gasteiger charge is 2.48. The Hall–Kier alpha value is -3.90. The van der Waals surface area contributed by atoms with Gasteiger partial charge in [0, 0.05) is 30.2 Å². The lowest BCUT2D eigenvalue weighted by Gasteiger charge is -2.29. The molecule has 0 aliphatic carbocycles. The highest BCUT2D eigenvalue weighted by Crippen LogP contribution is 2.32. The Bertz CT molecular complexity index is 1220. The lowest BCUT2D eigenvalue weighted by Crippen LogP contribution is -2.52. The number of hydrogen-bond acceptors (Lipinski definition) is 5. The van der Waals surface area contributed by atoms with Gasteiger partial charge < -0.3 is 10.2 Å². The number of carbonyl (C=O) groups is 4. The fourth-order valence-electron chi connectivity index (χ4n) is 3.85. The number of carbonyl (C=O) groups excluding carboxylic acids is 4. The zero-order valence-electron chi connectivity index (χ0n) is 17.1. The third-order valence-corrected chi connectivity index (χ3v) is 5.53.